The van der Waals surface area contributed by atoms with Crippen LogP contribution >= 0.6 is 11.3 Å². The van der Waals surface area contributed by atoms with E-state index in [1.165, 1.54) is 74.7 Å². The molecule has 0 aliphatic carbocycles. The Balaban J connectivity index is 1.17. The maximum atomic E-state index is 2.41. The van der Waals surface area contributed by atoms with Crippen LogP contribution in [0.3, 0.4) is 0 Å². The molecule has 0 aliphatic heterocycles. The molecule has 10 rings (SSSR count). The van der Waals surface area contributed by atoms with E-state index < -0.39 is 0 Å². The Morgan fingerprint density at radius 3 is 1.78 bits per heavy atom. The van der Waals surface area contributed by atoms with Crippen LogP contribution in [0.2, 0.25) is 0 Å². The van der Waals surface area contributed by atoms with Crippen LogP contribution in [0.1, 0.15) is 0 Å². The van der Waals surface area contributed by atoms with Crippen LogP contribution in [0.5, 0.6) is 0 Å². The predicted octanol–water partition coefficient (Wildman–Crippen LogP) is 14.3. The van der Waals surface area contributed by atoms with Gasteiger partial charge in [0.05, 0.1) is 0 Å². The van der Waals surface area contributed by atoms with E-state index in [1.807, 2.05) is 11.3 Å². The number of hydrogen-bond acceptors (Lipinski definition) is 2. The molecule has 9 aromatic carbocycles. The van der Waals surface area contributed by atoms with Crippen molar-refractivity contribution in [3.05, 3.63) is 188 Å². The van der Waals surface area contributed by atoms with Crippen molar-refractivity contribution in [2.45, 2.75) is 0 Å². The number of fused-ring (bicyclic) bond motifs is 8. The summed E-state index contributed by atoms with van der Waals surface area (Å²) in [5, 5.41) is 10.2. The fourth-order valence-electron chi connectivity index (χ4n) is 7.65. The first-order valence-electron chi connectivity index (χ1n) is 17.1. The third kappa shape index (κ3) is 4.76. The van der Waals surface area contributed by atoms with E-state index in [1.54, 1.807) is 0 Å². The minimum absolute atomic E-state index is 1.12. The lowest BCUT2D eigenvalue weighted by molar-refractivity contribution is 1.29. The largest absolute Gasteiger partial charge is 0.310 e. The first-order valence-corrected chi connectivity index (χ1v) is 17.9. The molecule has 0 atom stereocenters. The summed E-state index contributed by atoms with van der Waals surface area (Å²) in [4.78, 5) is 2.41. The molecule has 0 spiro atoms. The van der Waals surface area contributed by atoms with Gasteiger partial charge in [-0.15, -0.1) is 11.3 Å². The minimum atomic E-state index is 1.12. The summed E-state index contributed by atoms with van der Waals surface area (Å²) < 4.78 is 2.64. The Morgan fingerprint density at radius 1 is 0.320 bits per heavy atom. The maximum absolute atomic E-state index is 2.41. The first-order chi connectivity index (χ1) is 24.8. The minimum Gasteiger partial charge on any atom is -0.310 e. The van der Waals surface area contributed by atoms with Crippen LogP contribution in [0.4, 0.5) is 17.1 Å². The first kappa shape index (κ1) is 28.8. The van der Waals surface area contributed by atoms with Gasteiger partial charge in [-0.25, -0.2) is 0 Å². The average Bonchev–Trinajstić information content (AvgIpc) is 3.58. The third-order valence-electron chi connectivity index (χ3n) is 10.0. The molecule has 0 fully saturated rings. The number of thiophene rings is 1. The van der Waals surface area contributed by atoms with Crippen molar-refractivity contribution in [3.63, 3.8) is 0 Å². The lowest BCUT2D eigenvalue weighted by Gasteiger charge is -2.27. The molecular formula is C48H31NS. The highest BCUT2D eigenvalue weighted by Gasteiger charge is 2.17. The van der Waals surface area contributed by atoms with Gasteiger partial charge in [-0.05, 0) is 103 Å². The third-order valence-corrected chi connectivity index (χ3v) is 11.2. The molecule has 10 aromatic rings. The summed E-state index contributed by atoms with van der Waals surface area (Å²) in [6.07, 6.45) is 0. The summed E-state index contributed by atoms with van der Waals surface area (Å²) in [5.41, 5.74) is 8.26. The topological polar surface area (TPSA) is 3.24 Å². The van der Waals surface area contributed by atoms with Gasteiger partial charge in [0.25, 0.3) is 0 Å². The number of benzene rings is 9. The summed E-state index contributed by atoms with van der Waals surface area (Å²) in [5.74, 6) is 0. The quantitative estimate of drug-likeness (QED) is 0.167. The summed E-state index contributed by atoms with van der Waals surface area (Å²) in [6.45, 7) is 0. The fourth-order valence-corrected chi connectivity index (χ4v) is 8.79. The number of hydrogen-bond donors (Lipinski definition) is 0. The Kier molecular flexibility index (Phi) is 6.75. The second kappa shape index (κ2) is 11.7. The molecule has 0 radical (unpaired) electrons. The highest BCUT2D eigenvalue weighted by atomic mass is 32.1. The average molecular weight is 654 g/mol. The molecule has 1 aromatic heterocycles. The number of nitrogens with zero attached hydrogens (tertiary/aromatic N) is 1. The molecular weight excluding hydrogens is 623 g/mol. The molecule has 0 amide bonds. The van der Waals surface area contributed by atoms with Gasteiger partial charge in [0.1, 0.15) is 0 Å². The van der Waals surface area contributed by atoms with Gasteiger partial charge in [0.2, 0.25) is 0 Å². The van der Waals surface area contributed by atoms with Gasteiger partial charge in [-0.2, -0.15) is 0 Å². The monoisotopic (exact) mass is 653 g/mol. The second-order valence-electron chi connectivity index (χ2n) is 12.9. The van der Waals surface area contributed by atoms with Crippen molar-refractivity contribution >= 4 is 80.9 Å². The molecule has 1 heterocycles. The molecule has 0 N–H and O–H groups in total. The van der Waals surface area contributed by atoms with Crippen molar-refractivity contribution in [1.29, 1.82) is 0 Å². The highest BCUT2D eigenvalue weighted by molar-refractivity contribution is 7.25. The van der Waals surface area contributed by atoms with Crippen molar-refractivity contribution in [2.75, 3.05) is 4.90 Å². The SMILES string of the molecule is c1ccc(-c2ccc(N(c3cccc(-c4cccc5sc6ccccc6c45)c3)c3ccc4ccc5c6ccccc6ccc5c4c3)cc2)cc1. The summed E-state index contributed by atoms with van der Waals surface area (Å²) >= 11 is 1.87. The smallest absolute Gasteiger partial charge is 0.0468 e. The van der Waals surface area contributed by atoms with E-state index >= 15 is 0 Å². The van der Waals surface area contributed by atoms with Crippen LogP contribution in [0, 0.1) is 0 Å². The zero-order chi connectivity index (χ0) is 33.0. The number of anilines is 3. The zero-order valence-corrected chi connectivity index (χ0v) is 28.1. The van der Waals surface area contributed by atoms with Gasteiger partial charge in [-0.3, -0.25) is 0 Å². The normalized spacial score (nSPS) is 11.6. The number of rotatable bonds is 5. The molecule has 0 saturated heterocycles. The summed E-state index contributed by atoms with van der Waals surface area (Å²) in [6, 6.07) is 68.8. The van der Waals surface area contributed by atoms with Gasteiger partial charge in [0, 0.05) is 37.2 Å². The van der Waals surface area contributed by atoms with Crippen LogP contribution in [-0.2, 0) is 0 Å². The van der Waals surface area contributed by atoms with E-state index in [9.17, 15) is 0 Å². The Hall–Kier alpha value is -6.22. The van der Waals surface area contributed by atoms with Gasteiger partial charge >= 0.3 is 0 Å². The molecule has 1 nitrogen and oxygen atoms in total. The second-order valence-corrected chi connectivity index (χ2v) is 14.0. The predicted molar refractivity (Wildman–Crippen MR) is 217 cm³/mol. The van der Waals surface area contributed by atoms with Crippen molar-refractivity contribution in [3.8, 4) is 22.3 Å². The molecule has 2 heteroatoms. The molecule has 0 aliphatic rings. The van der Waals surface area contributed by atoms with Crippen LogP contribution < -0.4 is 4.90 Å². The zero-order valence-electron chi connectivity index (χ0n) is 27.3. The van der Waals surface area contributed by atoms with Gasteiger partial charge in [-0.1, -0.05) is 140 Å². The van der Waals surface area contributed by atoms with E-state index in [-0.39, 0.29) is 0 Å². The maximum Gasteiger partial charge on any atom is 0.0468 e. The van der Waals surface area contributed by atoms with Crippen LogP contribution in [-0.4, -0.2) is 0 Å². The van der Waals surface area contributed by atoms with Gasteiger partial charge in [0.15, 0.2) is 0 Å². The van der Waals surface area contributed by atoms with E-state index in [4.69, 9.17) is 0 Å². The Labute approximate surface area is 294 Å². The fraction of sp³-hybridized carbons (Fsp3) is 0. The van der Waals surface area contributed by atoms with Crippen LogP contribution in [0.25, 0.3) is 74.7 Å². The molecule has 0 saturated carbocycles. The molecule has 234 valence electrons. The highest BCUT2D eigenvalue weighted by Crippen LogP contribution is 2.43. The Morgan fingerprint density at radius 2 is 0.920 bits per heavy atom. The van der Waals surface area contributed by atoms with E-state index in [0.717, 1.165) is 17.1 Å². The Bertz CT molecular complexity index is 2870. The van der Waals surface area contributed by atoms with Crippen LogP contribution in [0.15, 0.2) is 188 Å². The van der Waals surface area contributed by atoms with Crippen molar-refractivity contribution in [2.24, 2.45) is 0 Å². The standard InChI is InChI=1S/C48H31NS/c1-2-10-32(11-3-1)33-20-25-37(26-21-33)49(39-27-22-35-24-28-42-40-15-5-4-12-34(40)23-29-43(42)45(35)31-39)38-14-8-13-36(30-38)41-17-9-19-47-48(41)44-16-6-7-18-46(44)50-47/h1-31H. The van der Waals surface area contributed by atoms with Crippen molar-refractivity contribution < 1.29 is 0 Å². The molecule has 0 unspecified atom stereocenters. The molecule has 0 bridgehead atoms. The van der Waals surface area contributed by atoms with E-state index in [0.29, 0.717) is 0 Å². The van der Waals surface area contributed by atoms with Crippen molar-refractivity contribution in [1.82, 2.24) is 0 Å². The lowest BCUT2D eigenvalue weighted by atomic mass is 9.96. The van der Waals surface area contributed by atoms with E-state index in [2.05, 4.69) is 193 Å². The lowest BCUT2D eigenvalue weighted by Crippen LogP contribution is -2.10. The summed E-state index contributed by atoms with van der Waals surface area (Å²) in [7, 11) is 0. The molecule has 50 heavy (non-hydrogen) atoms. The van der Waals surface area contributed by atoms with Gasteiger partial charge < -0.3 is 4.90 Å².